The van der Waals surface area contributed by atoms with E-state index in [-0.39, 0.29) is 18.0 Å². The highest BCUT2D eigenvalue weighted by Crippen LogP contribution is 2.36. The second-order valence-electron chi connectivity index (χ2n) is 6.34. The molecule has 134 valence electrons. The first kappa shape index (κ1) is 16.8. The number of aromatic amines is 1. The summed E-state index contributed by atoms with van der Waals surface area (Å²) in [6, 6.07) is 16.8. The maximum absolute atomic E-state index is 12.5. The molecule has 0 atom stereocenters. The van der Waals surface area contributed by atoms with Crippen molar-refractivity contribution in [1.82, 2.24) is 9.55 Å². The number of aliphatic imine (C=N–C) groups is 1. The van der Waals surface area contributed by atoms with E-state index in [1.54, 1.807) is 13.1 Å². The molecule has 1 aliphatic rings. The lowest BCUT2D eigenvalue weighted by Gasteiger charge is -2.13. The number of aromatic hydroxyl groups is 1. The third kappa shape index (κ3) is 2.91. The van der Waals surface area contributed by atoms with Crippen LogP contribution < -0.4 is 11.2 Å². The lowest BCUT2D eigenvalue weighted by atomic mass is 9.98. The van der Waals surface area contributed by atoms with Gasteiger partial charge in [0, 0.05) is 17.4 Å². The molecule has 0 bridgehead atoms. The van der Waals surface area contributed by atoms with Crippen molar-refractivity contribution in [3.8, 4) is 5.88 Å². The molecule has 2 aromatic carbocycles. The number of allylic oxidation sites excluding steroid dienone is 2. The quantitative estimate of drug-likeness (QED) is 0.754. The van der Waals surface area contributed by atoms with Crippen molar-refractivity contribution in [2.45, 2.75) is 13.5 Å². The fourth-order valence-electron chi connectivity index (χ4n) is 3.26. The van der Waals surface area contributed by atoms with Gasteiger partial charge in [-0.15, -0.1) is 0 Å². The Morgan fingerprint density at radius 3 is 2.56 bits per heavy atom. The average molecular weight is 359 g/mol. The third-order valence-corrected chi connectivity index (χ3v) is 4.66. The summed E-state index contributed by atoms with van der Waals surface area (Å²) in [7, 11) is 0. The Kier molecular flexibility index (Phi) is 4.08. The summed E-state index contributed by atoms with van der Waals surface area (Å²) in [5.41, 5.74) is 2.64. The van der Waals surface area contributed by atoms with Gasteiger partial charge in [0.2, 0.25) is 5.88 Å². The van der Waals surface area contributed by atoms with Crippen molar-refractivity contribution < 1.29 is 5.11 Å². The SMILES string of the molecule is CC(=C1C=Nc2ccccc21)c1c(O)n(Cc2ccccc2)c(=O)[nH]c1=O. The van der Waals surface area contributed by atoms with Crippen LogP contribution in [0.1, 0.15) is 23.6 Å². The number of H-pyrrole nitrogens is 1. The summed E-state index contributed by atoms with van der Waals surface area (Å²) in [5, 5.41) is 10.8. The van der Waals surface area contributed by atoms with Gasteiger partial charge in [-0.3, -0.25) is 19.3 Å². The lowest BCUT2D eigenvalue weighted by Crippen LogP contribution is -2.32. The summed E-state index contributed by atoms with van der Waals surface area (Å²) in [4.78, 5) is 31.4. The second-order valence-corrected chi connectivity index (χ2v) is 6.34. The molecule has 0 unspecified atom stereocenters. The molecule has 0 aliphatic carbocycles. The van der Waals surface area contributed by atoms with Gasteiger partial charge in [0.15, 0.2) is 0 Å². The molecule has 6 heteroatoms. The Bertz CT molecular complexity index is 1200. The standard InChI is InChI=1S/C21H17N3O3/c1-13(16-11-22-17-10-6-5-9-15(16)17)18-19(25)23-21(27)24(20(18)26)12-14-7-3-2-4-8-14/h2-11,26H,12H2,1H3,(H,23,25,27). The van der Waals surface area contributed by atoms with E-state index in [9.17, 15) is 14.7 Å². The van der Waals surface area contributed by atoms with Crippen molar-refractivity contribution in [3.05, 3.63) is 92.1 Å². The normalized spacial score (nSPS) is 14.3. The molecule has 0 fully saturated rings. The summed E-state index contributed by atoms with van der Waals surface area (Å²) in [6.07, 6.45) is 1.67. The van der Waals surface area contributed by atoms with Crippen LogP contribution in [0, 0.1) is 0 Å². The zero-order valence-corrected chi connectivity index (χ0v) is 14.6. The maximum Gasteiger partial charge on any atom is 0.331 e. The van der Waals surface area contributed by atoms with Crippen LogP contribution in [0.5, 0.6) is 5.88 Å². The lowest BCUT2D eigenvalue weighted by molar-refractivity contribution is 0.407. The van der Waals surface area contributed by atoms with Crippen molar-refractivity contribution in [2.24, 2.45) is 4.99 Å². The number of fused-ring (bicyclic) bond motifs is 1. The largest absolute Gasteiger partial charge is 0.494 e. The van der Waals surface area contributed by atoms with E-state index < -0.39 is 11.2 Å². The summed E-state index contributed by atoms with van der Waals surface area (Å²) in [5.74, 6) is -0.351. The zero-order valence-electron chi connectivity index (χ0n) is 14.6. The number of aromatic nitrogens is 2. The molecular weight excluding hydrogens is 342 g/mol. The highest BCUT2D eigenvalue weighted by atomic mass is 16.3. The number of nitrogens with one attached hydrogen (secondary N) is 1. The van der Waals surface area contributed by atoms with E-state index >= 15 is 0 Å². The van der Waals surface area contributed by atoms with E-state index in [0.29, 0.717) is 5.57 Å². The van der Waals surface area contributed by atoms with Crippen LogP contribution in [-0.4, -0.2) is 20.9 Å². The average Bonchev–Trinajstić information content (AvgIpc) is 3.10. The molecular formula is C21H17N3O3. The summed E-state index contributed by atoms with van der Waals surface area (Å²) in [6.45, 7) is 1.90. The molecule has 1 aliphatic heterocycles. The molecule has 4 rings (SSSR count). The van der Waals surface area contributed by atoms with E-state index in [1.165, 1.54) is 0 Å². The van der Waals surface area contributed by atoms with Gasteiger partial charge in [-0.2, -0.15) is 0 Å². The highest BCUT2D eigenvalue weighted by Gasteiger charge is 2.21. The van der Waals surface area contributed by atoms with Gasteiger partial charge in [-0.05, 0) is 24.1 Å². The number of para-hydroxylation sites is 1. The Hall–Kier alpha value is -3.67. The van der Waals surface area contributed by atoms with Crippen LogP contribution in [0.2, 0.25) is 0 Å². The summed E-state index contributed by atoms with van der Waals surface area (Å²) < 4.78 is 1.16. The number of rotatable bonds is 3. The smallest absolute Gasteiger partial charge is 0.331 e. The van der Waals surface area contributed by atoms with Crippen LogP contribution in [0.25, 0.3) is 11.1 Å². The minimum absolute atomic E-state index is 0.0729. The van der Waals surface area contributed by atoms with Crippen LogP contribution >= 0.6 is 0 Å². The first-order valence-corrected chi connectivity index (χ1v) is 8.51. The van der Waals surface area contributed by atoms with Gasteiger partial charge in [0.1, 0.15) is 5.56 Å². The number of nitrogens with zero attached hydrogens (tertiary/aromatic N) is 2. The van der Waals surface area contributed by atoms with Crippen molar-refractivity contribution in [1.29, 1.82) is 0 Å². The highest BCUT2D eigenvalue weighted by molar-refractivity contribution is 6.24. The van der Waals surface area contributed by atoms with Crippen molar-refractivity contribution >= 4 is 23.0 Å². The maximum atomic E-state index is 12.5. The molecule has 2 heterocycles. The Labute approximate surface area is 154 Å². The van der Waals surface area contributed by atoms with Crippen LogP contribution in [-0.2, 0) is 6.54 Å². The van der Waals surface area contributed by atoms with E-state index in [1.807, 2.05) is 54.6 Å². The molecule has 0 spiro atoms. The minimum Gasteiger partial charge on any atom is -0.494 e. The Morgan fingerprint density at radius 2 is 1.78 bits per heavy atom. The van der Waals surface area contributed by atoms with Crippen molar-refractivity contribution in [3.63, 3.8) is 0 Å². The van der Waals surface area contributed by atoms with Crippen molar-refractivity contribution in [2.75, 3.05) is 0 Å². The molecule has 2 N–H and O–H groups in total. The van der Waals surface area contributed by atoms with Crippen LogP contribution in [0.4, 0.5) is 5.69 Å². The van der Waals surface area contributed by atoms with E-state index in [0.717, 1.165) is 27.0 Å². The van der Waals surface area contributed by atoms with Gasteiger partial charge in [-0.1, -0.05) is 48.5 Å². The first-order chi connectivity index (χ1) is 13.1. The van der Waals surface area contributed by atoms with Gasteiger partial charge < -0.3 is 5.11 Å². The minimum atomic E-state index is -0.650. The first-order valence-electron chi connectivity index (χ1n) is 8.51. The van der Waals surface area contributed by atoms with E-state index in [2.05, 4.69) is 9.98 Å². The molecule has 6 nitrogen and oxygen atoms in total. The molecule has 0 saturated heterocycles. The third-order valence-electron chi connectivity index (χ3n) is 4.66. The van der Waals surface area contributed by atoms with Crippen LogP contribution in [0.15, 0.2) is 69.2 Å². The van der Waals surface area contributed by atoms with Gasteiger partial charge in [0.05, 0.1) is 12.2 Å². The molecule has 0 radical (unpaired) electrons. The zero-order chi connectivity index (χ0) is 19.0. The fourth-order valence-corrected chi connectivity index (χ4v) is 3.26. The fraction of sp³-hybridized carbons (Fsp3) is 0.0952. The topological polar surface area (TPSA) is 87.4 Å². The van der Waals surface area contributed by atoms with Gasteiger partial charge in [0.25, 0.3) is 5.56 Å². The molecule has 3 aromatic rings. The van der Waals surface area contributed by atoms with E-state index in [4.69, 9.17) is 0 Å². The predicted octanol–water partition coefficient (Wildman–Crippen LogP) is 2.94. The summed E-state index contributed by atoms with van der Waals surface area (Å²) >= 11 is 0. The molecule has 0 amide bonds. The Balaban J connectivity index is 1.89. The molecule has 1 aromatic heterocycles. The number of benzene rings is 2. The Morgan fingerprint density at radius 1 is 1.07 bits per heavy atom. The molecule has 0 saturated carbocycles. The van der Waals surface area contributed by atoms with Gasteiger partial charge in [-0.25, -0.2) is 4.79 Å². The predicted molar refractivity (Wildman–Crippen MR) is 106 cm³/mol. The molecule has 27 heavy (non-hydrogen) atoms. The van der Waals surface area contributed by atoms with Crippen LogP contribution in [0.3, 0.4) is 0 Å². The monoisotopic (exact) mass is 359 g/mol. The number of hydrogen-bond acceptors (Lipinski definition) is 4. The van der Waals surface area contributed by atoms with Gasteiger partial charge >= 0.3 is 5.69 Å². The number of hydrogen-bond donors (Lipinski definition) is 2. The second kappa shape index (κ2) is 6.57.